The lowest BCUT2D eigenvalue weighted by Crippen LogP contribution is -2.52. The van der Waals surface area contributed by atoms with Crippen molar-refractivity contribution < 1.29 is 13.2 Å². The van der Waals surface area contributed by atoms with Gasteiger partial charge in [0.1, 0.15) is 0 Å². The molecule has 1 saturated heterocycles. The number of nitrogens with one attached hydrogen (secondary N) is 1. The Kier molecular flexibility index (Phi) is 8.18. The molecule has 240 valence electrons. The third-order valence-electron chi connectivity index (χ3n) is 11.3. The molecule has 2 aliphatic heterocycles. The zero-order valence-electron chi connectivity index (χ0n) is 27.3. The fourth-order valence-electron chi connectivity index (χ4n) is 8.83. The van der Waals surface area contributed by atoms with Crippen molar-refractivity contribution in [2.45, 2.75) is 95.9 Å². The highest BCUT2D eigenvalue weighted by Gasteiger charge is 2.50. The summed E-state index contributed by atoms with van der Waals surface area (Å²) < 4.78 is 36.9. The minimum atomic E-state index is -3.92. The highest BCUT2D eigenvalue weighted by molar-refractivity contribution is 7.92. The summed E-state index contributed by atoms with van der Waals surface area (Å²) in [6.45, 7) is 11.6. The Hall–Kier alpha value is -2.97. The van der Waals surface area contributed by atoms with Gasteiger partial charge in [-0.3, -0.25) is 0 Å². The molecule has 3 heterocycles. The molecule has 2 saturated carbocycles. The average molecular weight is 629 g/mol. The van der Waals surface area contributed by atoms with Gasteiger partial charge in [0.15, 0.2) is 0 Å². The van der Waals surface area contributed by atoms with E-state index in [4.69, 9.17) is 4.74 Å². The van der Waals surface area contributed by atoms with Crippen LogP contribution in [0.3, 0.4) is 0 Å². The molecule has 0 radical (unpaired) electrons. The molecule has 4 bridgehead atoms. The monoisotopic (exact) mass is 628 g/mol. The van der Waals surface area contributed by atoms with E-state index in [1.165, 1.54) is 58.0 Å². The Bertz CT molecular complexity index is 1630. The Balaban J connectivity index is 1.23. The molecule has 1 N–H and O–H groups in total. The van der Waals surface area contributed by atoms with Gasteiger partial charge in [-0.1, -0.05) is 50.6 Å². The van der Waals surface area contributed by atoms with Crippen LogP contribution in [0.5, 0.6) is 5.88 Å². The van der Waals surface area contributed by atoms with Crippen LogP contribution in [0.2, 0.25) is 0 Å². The Morgan fingerprint density at radius 1 is 1.00 bits per heavy atom. The molecule has 1 spiro atoms. The van der Waals surface area contributed by atoms with E-state index < -0.39 is 10.0 Å². The van der Waals surface area contributed by atoms with Crippen LogP contribution in [0.25, 0.3) is 11.3 Å². The molecule has 7 nitrogen and oxygen atoms in total. The van der Waals surface area contributed by atoms with Crippen molar-refractivity contribution >= 4 is 16.0 Å². The Morgan fingerprint density at radius 2 is 1.71 bits per heavy atom. The lowest BCUT2D eigenvalue weighted by Gasteiger charge is -2.57. The first-order chi connectivity index (χ1) is 21.6. The number of ether oxygens (including phenoxy) is 1. The van der Waals surface area contributed by atoms with E-state index in [1.807, 2.05) is 50.2 Å². The zero-order chi connectivity index (χ0) is 31.3. The summed E-state index contributed by atoms with van der Waals surface area (Å²) in [5.41, 5.74) is 5.31. The van der Waals surface area contributed by atoms with Gasteiger partial charge in [0.25, 0.3) is 10.0 Å². The van der Waals surface area contributed by atoms with E-state index in [0.29, 0.717) is 35.4 Å². The third kappa shape index (κ3) is 6.12. The van der Waals surface area contributed by atoms with Crippen molar-refractivity contribution in [3.05, 3.63) is 65.2 Å². The van der Waals surface area contributed by atoms with Crippen LogP contribution in [0, 0.1) is 37.0 Å². The number of rotatable bonds is 5. The standard InChI is InChI=1S/C37H48N4O3S/c1-24(2)18-28-23-44-33-20-32(34-25(3)8-5-9-26(34)4)38-36(39-33)40-45(42,43)31-13-6-10-27(19-31)35(28)29-21-37(22-29)14-16-41(17-15-37)30-11-7-12-30/h5-6,8-10,13,19-20,24,28-30,35H,7,11-12,14-18,21-23H2,1-4H3,(H,38,39,40)/t28-,35?/m1/s1. The van der Waals surface area contributed by atoms with Crippen molar-refractivity contribution in [2.75, 3.05) is 24.4 Å². The number of hydrogen-bond acceptors (Lipinski definition) is 6. The van der Waals surface area contributed by atoms with Gasteiger partial charge in [0, 0.05) is 23.6 Å². The number of fused-ring (bicyclic) bond motifs is 4. The first-order valence-corrected chi connectivity index (χ1v) is 18.5. The molecule has 3 fully saturated rings. The number of benzene rings is 2. The highest BCUT2D eigenvalue weighted by atomic mass is 32.2. The van der Waals surface area contributed by atoms with Crippen LogP contribution in [0.15, 0.2) is 53.4 Å². The molecule has 8 heteroatoms. The Labute approximate surface area is 269 Å². The maximum Gasteiger partial charge on any atom is 0.264 e. The summed E-state index contributed by atoms with van der Waals surface area (Å²) in [6.07, 6.45) is 10.2. The van der Waals surface area contributed by atoms with Crippen LogP contribution >= 0.6 is 0 Å². The second-order valence-electron chi connectivity index (χ2n) is 14.9. The van der Waals surface area contributed by atoms with Crippen molar-refractivity contribution in [3.63, 3.8) is 0 Å². The van der Waals surface area contributed by atoms with Gasteiger partial charge in [0.05, 0.1) is 17.2 Å². The summed E-state index contributed by atoms with van der Waals surface area (Å²) >= 11 is 0. The van der Waals surface area contributed by atoms with E-state index in [0.717, 1.165) is 34.7 Å². The normalized spacial score (nSPS) is 24.9. The molecule has 1 aromatic heterocycles. The van der Waals surface area contributed by atoms with Gasteiger partial charge >= 0.3 is 0 Å². The zero-order valence-corrected chi connectivity index (χ0v) is 28.1. The third-order valence-corrected chi connectivity index (χ3v) is 12.6. The molecule has 7 rings (SSSR count). The predicted molar refractivity (Wildman–Crippen MR) is 179 cm³/mol. The van der Waals surface area contributed by atoms with Crippen LogP contribution in [-0.2, 0) is 10.0 Å². The number of nitrogens with zero attached hydrogens (tertiary/aromatic N) is 3. The van der Waals surface area contributed by atoms with Gasteiger partial charge < -0.3 is 9.64 Å². The molecule has 1 unspecified atom stereocenters. The van der Waals surface area contributed by atoms with Gasteiger partial charge in [0.2, 0.25) is 11.8 Å². The minimum absolute atomic E-state index is 0.0299. The van der Waals surface area contributed by atoms with Crippen molar-refractivity contribution in [2.24, 2.45) is 23.2 Å². The first kappa shape index (κ1) is 30.7. The van der Waals surface area contributed by atoms with Gasteiger partial charge in [-0.15, -0.1) is 0 Å². The molecule has 45 heavy (non-hydrogen) atoms. The van der Waals surface area contributed by atoms with Gasteiger partial charge in [-0.2, -0.15) is 4.98 Å². The minimum Gasteiger partial charge on any atom is -0.477 e. The maximum atomic E-state index is 13.8. The van der Waals surface area contributed by atoms with Crippen LogP contribution in [0.1, 0.15) is 87.8 Å². The quantitative estimate of drug-likeness (QED) is 0.311. The molecular weight excluding hydrogens is 580 g/mol. The number of aromatic nitrogens is 2. The summed E-state index contributed by atoms with van der Waals surface area (Å²) in [4.78, 5) is 12.3. The van der Waals surface area contributed by atoms with Gasteiger partial charge in [-0.25, -0.2) is 18.1 Å². The summed E-state index contributed by atoms with van der Waals surface area (Å²) in [5.74, 6) is 1.88. The number of aryl methyl sites for hydroxylation is 2. The molecular formula is C37H48N4O3S. The molecule has 2 aliphatic carbocycles. The van der Waals surface area contributed by atoms with E-state index in [9.17, 15) is 8.42 Å². The van der Waals surface area contributed by atoms with E-state index in [2.05, 4.69) is 39.5 Å². The number of sulfonamides is 1. The van der Waals surface area contributed by atoms with E-state index in [1.54, 1.807) is 6.07 Å². The number of piperidine rings is 1. The van der Waals surface area contributed by atoms with E-state index >= 15 is 0 Å². The first-order valence-electron chi connectivity index (χ1n) is 17.0. The van der Waals surface area contributed by atoms with Crippen LogP contribution in [-0.4, -0.2) is 49.0 Å². The second-order valence-corrected chi connectivity index (χ2v) is 16.6. The highest BCUT2D eigenvalue weighted by Crippen LogP contribution is 2.59. The predicted octanol–water partition coefficient (Wildman–Crippen LogP) is 7.74. The van der Waals surface area contributed by atoms with Crippen molar-refractivity contribution in [3.8, 4) is 17.1 Å². The number of anilines is 1. The molecule has 2 aromatic carbocycles. The molecule has 3 aromatic rings. The Morgan fingerprint density at radius 3 is 2.38 bits per heavy atom. The fourth-order valence-corrected chi connectivity index (χ4v) is 9.83. The van der Waals surface area contributed by atoms with Crippen molar-refractivity contribution in [1.29, 1.82) is 0 Å². The second kappa shape index (κ2) is 12.0. The smallest absolute Gasteiger partial charge is 0.264 e. The average Bonchev–Trinajstić information content (AvgIpc) is 2.94. The van der Waals surface area contributed by atoms with E-state index in [-0.39, 0.29) is 22.7 Å². The maximum absolute atomic E-state index is 13.8. The number of likely N-dealkylation sites (tertiary alicyclic amines) is 1. The number of hydrogen-bond donors (Lipinski definition) is 1. The molecule has 0 amide bonds. The summed E-state index contributed by atoms with van der Waals surface area (Å²) in [6, 6.07) is 16.5. The van der Waals surface area contributed by atoms with Crippen LogP contribution < -0.4 is 9.46 Å². The lowest BCUT2D eigenvalue weighted by atomic mass is 9.52. The van der Waals surface area contributed by atoms with Crippen LogP contribution in [0.4, 0.5) is 5.95 Å². The largest absolute Gasteiger partial charge is 0.477 e. The summed E-state index contributed by atoms with van der Waals surface area (Å²) in [5, 5.41) is 0. The summed E-state index contributed by atoms with van der Waals surface area (Å²) in [7, 11) is -3.92. The van der Waals surface area contributed by atoms with Crippen molar-refractivity contribution in [1.82, 2.24) is 14.9 Å². The van der Waals surface area contributed by atoms with Gasteiger partial charge in [-0.05, 0) is 124 Å². The molecule has 2 atom stereocenters. The SMILES string of the molecule is Cc1cccc(C)c1-c1cc2nc(n1)NS(=O)(=O)c1cccc(c1)C(C1CC3(CCN(C4CCC4)CC3)C1)[C@H](CC(C)C)CO2. The fraction of sp³-hybridized carbons (Fsp3) is 0.568. The topological polar surface area (TPSA) is 84.4 Å². The molecule has 4 aliphatic rings. The lowest BCUT2D eigenvalue weighted by molar-refractivity contribution is -0.0516.